The molecule has 5 heteroatoms. The SMILES string of the molecule is Cc1cccc(CBr)c1OCc1ccccc1[N+](=O)[O-]. The zero-order valence-corrected chi connectivity index (χ0v) is 12.6. The number of hydrogen-bond donors (Lipinski definition) is 0. The molecule has 0 aliphatic rings. The fourth-order valence-electron chi connectivity index (χ4n) is 1.99. The molecule has 2 aromatic rings. The fraction of sp³-hybridized carbons (Fsp3) is 0.200. The van der Waals surface area contributed by atoms with Gasteiger partial charge in [-0.25, -0.2) is 0 Å². The minimum atomic E-state index is -0.387. The van der Waals surface area contributed by atoms with E-state index >= 15 is 0 Å². The quantitative estimate of drug-likeness (QED) is 0.463. The van der Waals surface area contributed by atoms with Crippen molar-refractivity contribution >= 4 is 21.6 Å². The van der Waals surface area contributed by atoms with Crippen molar-refractivity contribution in [1.82, 2.24) is 0 Å². The van der Waals surface area contributed by atoms with Gasteiger partial charge in [0.1, 0.15) is 12.4 Å². The largest absolute Gasteiger partial charge is 0.488 e. The maximum atomic E-state index is 11.0. The van der Waals surface area contributed by atoms with Crippen LogP contribution in [0.1, 0.15) is 16.7 Å². The van der Waals surface area contributed by atoms with E-state index in [0.29, 0.717) is 10.9 Å². The van der Waals surface area contributed by atoms with Crippen LogP contribution in [0.15, 0.2) is 42.5 Å². The monoisotopic (exact) mass is 335 g/mol. The topological polar surface area (TPSA) is 52.4 Å². The van der Waals surface area contributed by atoms with Crippen LogP contribution in [0.2, 0.25) is 0 Å². The van der Waals surface area contributed by atoms with Gasteiger partial charge in [-0.3, -0.25) is 10.1 Å². The lowest BCUT2D eigenvalue weighted by atomic mass is 10.1. The second-order valence-electron chi connectivity index (χ2n) is 4.37. The van der Waals surface area contributed by atoms with Gasteiger partial charge in [-0.15, -0.1) is 0 Å². The molecule has 0 radical (unpaired) electrons. The molecule has 4 nitrogen and oxygen atoms in total. The molecule has 0 heterocycles. The van der Waals surface area contributed by atoms with Crippen LogP contribution in [0.4, 0.5) is 5.69 Å². The normalized spacial score (nSPS) is 10.3. The Hall–Kier alpha value is -1.88. The first kappa shape index (κ1) is 14.5. The predicted molar refractivity (Wildman–Crippen MR) is 81.2 cm³/mol. The number of nitro groups is 1. The van der Waals surface area contributed by atoms with Gasteiger partial charge in [-0.1, -0.05) is 46.3 Å². The third-order valence-electron chi connectivity index (χ3n) is 3.00. The van der Waals surface area contributed by atoms with Gasteiger partial charge >= 0.3 is 0 Å². The molecule has 0 N–H and O–H groups in total. The van der Waals surface area contributed by atoms with Crippen LogP contribution in [-0.2, 0) is 11.9 Å². The van der Waals surface area contributed by atoms with Crippen LogP contribution in [0.3, 0.4) is 0 Å². The number of nitro benzene ring substituents is 1. The third kappa shape index (κ3) is 3.17. The van der Waals surface area contributed by atoms with E-state index in [0.717, 1.165) is 16.9 Å². The molecular formula is C15H14BrNO3. The number of ether oxygens (including phenoxy) is 1. The van der Waals surface area contributed by atoms with Crippen LogP contribution in [0, 0.1) is 17.0 Å². The minimum absolute atomic E-state index is 0.0847. The van der Waals surface area contributed by atoms with Crippen molar-refractivity contribution in [2.24, 2.45) is 0 Å². The molecule has 0 aromatic heterocycles. The number of benzene rings is 2. The zero-order valence-electron chi connectivity index (χ0n) is 11.0. The van der Waals surface area contributed by atoms with E-state index in [4.69, 9.17) is 4.74 Å². The van der Waals surface area contributed by atoms with Gasteiger partial charge < -0.3 is 4.74 Å². The summed E-state index contributed by atoms with van der Waals surface area (Å²) in [6, 6.07) is 12.5. The van der Waals surface area contributed by atoms with Crippen LogP contribution in [0.5, 0.6) is 5.75 Å². The molecule has 0 amide bonds. The average molecular weight is 336 g/mol. The predicted octanol–water partition coefficient (Wildman–Crippen LogP) is 4.38. The van der Waals surface area contributed by atoms with Crippen molar-refractivity contribution in [3.63, 3.8) is 0 Å². The van der Waals surface area contributed by atoms with Crippen molar-refractivity contribution in [2.45, 2.75) is 18.9 Å². The molecule has 0 spiro atoms. The Balaban J connectivity index is 2.24. The molecule has 0 bridgehead atoms. The van der Waals surface area contributed by atoms with Gasteiger partial charge in [0.2, 0.25) is 0 Å². The maximum absolute atomic E-state index is 11.0. The zero-order chi connectivity index (χ0) is 14.5. The first-order valence-corrected chi connectivity index (χ1v) is 7.25. The Morgan fingerprint density at radius 2 is 1.85 bits per heavy atom. The van der Waals surface area contributed by atoms with Gasteiger partial charge in [-0.05, 0) is 18.6 Å². The summed E-state index contributed by atoms with van der Waals surface area (Å²) < 4.78 is 5.80. The second-order valence-corrected chi connectivity index (χ2v) is 4.93. The van der Waals surface area contributed by atoms with Gasteiger partial charge in [0.05, 0.1) is 10.5 Å². The van der Waals surface area contributed by atoms with Crippen LogP contribution in [-0.4, -0.2) is 4.92 Å². The Kier molecular flexibility index (Phi) is 4.74. The molecule has 0 saturated carbocycles. The smallest absolute Gasteiger partial charge is 0.276 e. The van der Waals surface area contributed by atoms with Gasteiger partial charge in [0, 0.05) is 17.0 Å². The summed E-state index contributed by atoms with van der Waals surface area (Å²) in [6.07, 6.45) is 0. The third-order valence-corrected chi connectivity index (χ3v) is 3.60. The Morgan fingerprint density at radius 3 is 2.55 bits per heavy atom. The molecule has 0 aliphatic heterocycles. The molecule has 104 valence electrons. The molecule has 0 unspecified atom stereocenters. The van der Waals surface area contributed by atoms with Crippen LogP contribution < -0.4 is 4.74 Å². The van der Waals surface area contributed by atoms with E-state index in [1.54, 1.807) is 18.2 Å². The first-order chi connectivity index (χ1) is 9.63. The molecule has 2 rings (SSSR count). The summed E-state index contributed by atoms with van der Waals surface area (Å²) >= 11 is 3.42. The van der Waals surface area contributed by atoms with E-state index in [2.05, 4.69) is 15.9 Å². The van der Waals surface area contributed by atoms with Crippen molar-refractivity contribution in [2.75, 3.05) is 0 Å². The van der Waals surface area contributed by atoms with Gasteiger partial charge in [-0.2, -0.15) is 0 Å². The van der Waals surface area contributed by atoms with Crippen molar-refractivity contribution in [3.8, 4) is 5.75 Å². The second kappa shape index (κ2) is 6.52. The highest BCUT2D eigenvalue weighted by Crippen LogP contribution is 2.27. The number of halogens is 1. The van der Waals surface area contributed by atoms with E-state index in [1.165, 1.54) is 6.07 Å². The summed E-state index contributed by atoms with van der Waals surface area (Å²) in [5.41, 5.74) is 2.70. The van der Waals surface area contributed by atoms with Gasteiger partial charge in [0.25, 0.3) is 5.69 Å². The van der Waals surface area contributed by atoms with Crippen molar-refractivity contribution in [3.05, 3.63) is 69.3 Å². The molecule has 2 aromatic carbocycles. The summed E-state index contributed by atoms with van der Waals surface area (Å²) in [7, 11) is 0. The number of aryl methyl sites for hydroxylation is 1. The Morgan fingerprint density at radius 1 is 1.15 bits per heavy atom. The minimum Gasteiger partial charge on any atom is -0.488 e. The highest BCUT2D eigenvalue weighted by molar-refractivity contribution is 9.08. The van der Waals surface area contributed by atoms with E-state index in [1.807, 2.05) is 25.1 Å². The Labute approximate surface area is 125 Å². The number of para-hydroxylation sites is 2. The summed E-state index contributed by atoms with van der Waals surface area (Å²) in [5.74, 6) is 0.780. The standard InChI is InChI=1S/C15H14BrNO3/c1-11-5-4-7-12(9-16)15(11)20-10-13-6-2-3-8-14(13)17(18)19/h2-8H,9-10H2,1H3. The van der Waals surface area contributed by atoms with E-state index in [-0.39, 0.29) is 17.2 Å². The molecule has 0 atom stereocenters. The fourth-order valence-corrected chi connectivity index (χ4v) is 2.43. The molecular weight excluding hydrogens is 322 g/mol. The summed E-state index contributed by atoms with van der Waals surface area (Å²) in [4.78, 5) is 10.6. The van der Waals surface area contributed by atoms with Crippen LogP contribution in [0.25, 0.3) is 0 Å². The first-order valence-electron chi connectivity index (χ1n) is 6.13. The highest BCUT2D eigenvalue weighted by Gasteiger charge is 2.14. The molecule has 0 aliphatic carbocycles. The molecule has 0 fully saturated rings. The highest BCUT2D eigenvalue weighted by atomic mass is 79.9. The number of alkyl halides is 1. The lowest BCUT2D eigenvalue weighted by Crippen LogP contribution is -2.02. The number of rotatable bonds is 5. The van der Waals surface area contributed by atoms with Crippen molar-refractivity contribution < 1.29 is 9.66 Å². The molecule has 0 saturated heterocycles. The molecule has 20 heavy (non-hydrogen) atoms. The number of nitrogens with zero attached hydrogens (tertiary/aromatic N) is 1. The van der Waals surface area contributed by atoms with E-state index in [9.17, 15) is 10.1 Å². The number of hydrogen-bond acceptors (Lipinski definition) is 3. The lowest BCUT2D eigenvalue weighted by molar-refractivity contribution is -0.385. The Bertz CT molecular complexity index is 628. The van der Waals surface area contributed by atoms with Crippen molar-refractivity contribution in [1.29, 1.82) is 0 Å². The average Bonchev–Trinajstić information content (AvgIpc) is 2.46. The lowest BCUT2D eigenvalue weighted by Gasteiger charge is -2.13. The summed E-state index contributed by atoms with van der Waals surface area (Å²) in [6.45, 7) is 2.14. The van der Waals surface area contributed by atoms with E-state index < -0.39 is 0 Å². The summed E-state index contributed by atoms with van der Waals surface area (Å²) in [5, 5.41) is 11.6. The maximum Gasteiger partial charge on any atom is 0.276 e. The van der Waals surface area contributed by atoms with Gasteiger partial charge in [0.15, 0.2) is 0 Å². The van der Waals surface area contributed by atoms with Crippen LogP contribution >= 0.6 is 15.9 Å².